The smallest absolute Gasteiger partial charge is 0.238 e. The average molecular weight is 298 g/mol. The summed E-state index contributed by atoms with van der Waals surface area (Å²) in [6.45, 7) is 2.14. The maximum Gasteiger partial charge on any atom is 0.238 e. The molecule has 1 saturated heterocycles. The van der Waals surface area contributed by atoms with Gasteiger partial charge in [-0.2, -0.15) is 0 Å². The Balaban J connectivity index is 1.85. The largest absolute Gasteiger partial charge is 0.326 e. The topological polar surface area (TPSA) is 58.4 Å². The number of hydrogen-bond donors (Lipinski definition) is 2. The van der Waals surface area contributed by atoms with E-state index < -0.39 is 0 Å². The maximum atomic E-state index is 11.8. The van der Waals surface area contributed by atoms with E-state index in [1.54, 1.807) is 0 Å². The van der Waals surface area contributed by atoms with Crippen molar-refractivity contribution in [1.29, 1.82) is 0 Å². The Morgan fingerprint density at radius 2 is 2.41 bits per heavy atom. The SMILES string of the molecule is NC1CCN(CC(=O)Nc2cccc(Br)c2)C1. The van der Waals surface area contributed by atoms with E-state index >= 15 is 0 Å². The van der Waals surface area contributed by atoms with Crippen LogP contribution in [0.2, 0.25) is 0 Å². The van der Waals surface area contributed by atoms with E-state index in [9.17, 15) is 4.79 Å². The summed E-state index contributed by atoms with van der Waals surface area (Å²) in [7, 11) is 0. The van der Waals surface area contributed by atoms with E-state index in [0.29, 0.717) is 6.54 Å². The fraction of sp³-hybridized carbons (Fsp3) is 0.417. The molecule has 1 atom stereocenters. The second-order valence-corrected chi connectivity index (χ2v) is 5.26. The van der Waals surface area contributed by atoms with Crippen LogP contribution in [-0.2, 0) is 4.79 Å². The zero-order valence-corrected chi connectivity index (χ0v) is 11.1. The molecule has 3 N–H and O–H groups in total. The quantitative estimate of drug-likeness (QED) is 0.887. The van der Waals surface area contributed by atoms with E-state index in [1.807, 2.05) is 24.3 Å². The Morgan fingerprint density at radius 3 is 3.06 bits per heavy atom. The first-order chi connectivity index (χ1) is 8.13. The fourth-order valence-electron chi connectivity index (χ4n) is 1.98. The predicted molar refractivity (Wildman–Crippen MR) is 71.8 cm³/mol. The molecule has 1 aromatic rings. The van der Waals surface area contributed by atoms with Gasteiger partial charge in [-0.15, -0.1) is 0 Å². The molecule has 4 nitrogen and oxygen atoms in total. The number of nitrogens with two attached hydrogens (primary N) is 1. The number of carbonyl (C=O) groups is 1. The highest BCUT2D eigenvalue weighted by Gasteiger charge is 2.20. The zero-order chi connectivity index (χ0) is 12.3. The summed E-state index contributed by atoms with van der Waals surface area (Å²) in [5, 5.41) is 2.87. The number of carbonyl (C=O) groups excluding carboxylic acids is 1. The number of amides is 1. The van der Waals surface area contributed by atoms with Gasteiger partial charge in [0.15, 0.2) is 0 Å². The minimum Gasteiger partial charge on any atom is -0.326 e. The molecule has 1 unspecified atom stereocenters. The average Bonchev–Trinajstić information content (AvgIpc) is 2.63. The van der Waals surface area contributed by atoms with Gasteiger partial charge in [0, 0.05) is 29.3 Å². The van der Waals surface area contributed by atoms with Crippen LogP contribution in [-0.4, -0.2) is 36.5 Å². The highest BCUT2D eigenvalue weighted by molar-refractivity contribution is 9.10. The standard InChI is InChI=1S/C12H16BrN3O/c13-9-2-1-3-11(6-9)15-12(17)8-16-5-4-10(14)7-16/h1-3,6,10H,4-5,7-8,14H2,(H,15,17). The maximum absolute atomic E-state index is 11.8. The van der Waals surface area contributed by atoms with Gasteiger partial charge in [-0.1, -0.05) is 22.0 Å². The van der Waals surface area contributed by atoms with Gasteiger partial charge in [0.2, 0.25) is 5.91 Å². The molecule has 1 aliphatic heterocycles. The highest BCUT2D eigenvalue weighted by Crippen LogP contribution is 2.15. The van der Waals surface area contributed by atoms with Gasteiger partial charge >= 0.3 is 0 Å². The molecule has 0 saturated carbocycles. The molecule has 92 valence electrons. The molecule has 0 aliphatic carbocycles. The lowest BCUT2D eigenvalue weighted by molar-refractivity contribution is -0.117. The van der Waals surface area contributed by atoms with Crippen molar-refractivity contribution in [3.63, 3.8) is 0 Å². The number of likely N-dealkylation sites (tertiary alicyclic amines) is 1. The third-order valence-corrected chi connectivity index (χ3v) is 3.28. The van der Waals surface area contributed by atoms with Crippen molar-refractivity contribution in [1.82, 2.24) is 4.90 Å². The molecular weight excluding hydrogens is 282 g/mol. The third kappa shape index (κ3) is 3.80. The van der Waals surface area contributed by atoms with Gasteiger partial charge in [-0.05, 0) is 24.6 Å². The number of nitrogens with one attached hydrogen (secondary N) is 1. The molecule has 17 heavy (non-hydrogen) atoms. The first-order valence-electron chi connectivity index (χ1n) is 5.67. The molecule has 1 fully saturated rings. The number of hydrogen-bond acceptors (Lipinski definition) is 3. The highest BCUT2D eigenvalue weighted by atomic mass is 79.9. The number of nitrogens with zero attached hydrogens (tertiary/aromatic N) is 1. The van der Waals surface area contributed by atoms with E-state index in [0.717, 1.165) is 29.7 Å². The Morgan fingerprint density at radius 1 is 1.59 bits per heavy atom. The molecular formula is C12H16BrN3O. The lowest BCUT2D eigenvalue weighted by Crippen LogP contribution is -2.33. The summed E-state index contributed by atoms with van der Waals surface area (Å²) >= 11 is 3.37. The molecule has 0 radical (unpaired) electrons. The lowest BCUT2D eigenvalue weighted by atomic mass is 10.3. The number of halogens is 1. The van der Waals surface area contributed by atoms with Crippen LogP contribution in [0.3, 0.4) is 0 Å². The van der Waals surface area contributed by atoms with Gasteiger partial charge in [0.05, 0.1) is 6.54 Å². The molecule has 0 spiro atoms. The summed E-state index contributed by atoms with van der Waals surface area (Å²) < 4.78 is 0.957. The van der Waals surface area contributed by atoms with Crippen LogP contribution in [0.1, 0.15) is 6.42 Å². The van der Waals surface area contributed by atoms with Gasteiger partial charge < -0.3 is 11.1 Å². The minimum absolute atomic E-state index is 0.0113. The second kappa shape index (κ2) is 5.62. The van der Waals surface area contributed by atoms with Crippen molar-refractivity contribution < 1.29 is 4.79 Å². The van der Waals surface area contributed by atoms with Gasteiger partial charge in [-0.25, -0.2) is 0 Å². The Labute approximate surface area is 109 Å². The number of rotatable bonds is 3. The van der Waals surface area contributed by atoms with E-state index in [-0.39, 0.29) is 11.9 Å². The van der Waals surface area contributed by atoms with Crippen molar-refractivity contribution in [2.75, 3.05) is 25.0 Å². The van der Waals surface area contributed by atoms with Crippen LogP contribution in [0.25, 0.3) is 0 Å². The molecule has 1 heterocycles. The van der Waals surface area contributed by atoms with Gasteiger partial charge in [0.25, 0.3) is 0 Å². The predicted octanol–water partition coefficient (Wildman–Crippen LogP) is 1.42. The van der Waals surface area contributed by atoms with E-state index in [4.69, 9.17) is 5.73 Å². The summed E-state index contributed by atoms with van der Waals surface area (Å²) in [6, 6.07) is 7.79. The van der Waals surface area contributed by atoms with Gasteiger partial charge in [0.1, 0.15) is 0 Å². The molecule has 5 heteroatoms. The first kappa shape index (κ1) is 12.5. The van der Waals surface area contributed by atoms with Crippen molar-refractivity contribution in [3.05, 3.63) is 28.7 Å². The fourth-order valence-corrected chi connectivity index (χ4v) is 2.38. The van der Waals surface area contributed by atoms with Crippen molar-refractivity contribution in [2.45, 2.75) is 12.5 Å². The molecule has 2 rings (SSSR count). The summed E-state index contributed by atoms with van der Waals surface area (Å²) in [4.78, 5) is 13.9. The Hall–Kier alpha value is -0.910. The van der Waals surface area contributed by atoms with Crippen LogP contribution >= 0.6 is 15.9 Å². The molecule has 1 amide bonds. The summed E-state index contributed by atoms with van der Waals surface area (Å²) in [6.07, 6.45) is 0.976. The molecule has 0 aromatic heterocycles. The van der Waals surface area contributed by atoms with Crippen LogP contribution in [0.15, 0.2) is 28.7 Å². The monoisotopic (exact) mass is 297 g/mol. The molecule has 0 bridgehead atoms. The summed E-state index contributed by atoms with van der Waals surface area (Å²) in [5.74, 6) is 0.0113. The van der Waals surface area contributed by atoms with Crippen molar-refractivity contribution in [3.8, 4) is 0 Å². The normalized spacial score (nSPS) is 20.5. The van der Waals surface area contributed by atoms with E-state index in [1.165, 1.54) is 0 Å². The van der Waals surface area contributed by atoms with Crippen LogP contribution in [0, 0.1) is 0 Å². The summed E-state index contributed by atoms with van der Waals surface area (Å²) in [5.41, 5.74) is 6.61. The Kier molecular flexibility index (Phi) is 4.15. The van der Waals surface area contributed by atoms with Crippen LogP contribution < -0.4 is 11.1 Å². The number of benzene rings is 1. The minimum atomic E-state index is 0.0113. The molecule has 1 aromatic carbocycles. The third-order valence-electron chi connectivity index (χ3n) is 2.78. The Bertz CT molecular complexity index is 410. The lowest BCUT2D eigenvalue weighted by Gasteiger charge is -2.14. The second-order valence-electron chi connectivity index (χ2n) is 4.34. The zero-order valence-electron chi connectivity index (χ0n) is 9.53. The number of anilines is 1. The van der Waals surface area contributed by atoms with Crippen LogP contribution in [0.4, 0.5) is 5.69 Å². The molecule has 1 aliphatic rings. The van der Waals surface area contributed by atoms with E-state index in [2.05, 4.69) is 26.1 Å². The van der Waals surface area contributed by atoms with Crippen molar-refractivity contribution in [2.24, 2.45) is 5.73 Å². The first-order valence-corrected chi connectivity index (χ1v) is 6.46. The van der Waals surface area contributed by atoms with Crippen molar-refractivity contribution >= 4 is 27.5 Å². The van der Waals surface area contributed by atoms with Gasteiger partial charge in [-0.3, -0.25) is 9.69 Å². The van der Waals surface area contributed by atoms with Crippen LogP contribution in [0.5, 0.6) is 0 Å².